The third kappa shape index (κ3) is 1.87. The largest absolute Gasteiger partial charge is 0.350 e. The summed E-state index contributed by atoms with van der Waals surface area (Å²) in [5.41, 5.74) is 3.11. The standard InChI is InChI=1S/C14H15N3O2/c1-9-8-16(2)12-7-10(3-4-11(9)12)17-6-5-13(18)15-14(17)19/h3-4,7-8H,5-6H2,1-2H3,(H,15,18,19). The van der Waals surface area contributed by atoms with Crippen LogP contribution in [0.15, 0.2) is 24.4 Å². The number of carbonyl (C=O) groups is 2. The Hall–Kier alpha value is -2.30. The van der Waals surface area contributed by atoms with Crippen LogP contribution < -0.4 is 10.2 Å². The molecule has 1 aliphatic rings. The second kappa shape index (κ2) is 4.12. The molecule has 0 unspecified atom stereocenters. The van der Waals surface area contributed by atoms with Gasteiger partial charge in [0.25, 0.3) is 0 Å². The average molecular weight is 257 g/mol. The van der Waals surface area contributed by atoms with Gasteiger partial charge in [0.1, 0.15) is 0 Å². The van der Waals surface area contributed by atoms with E-state index in [0.717, 1.165) is 11.2 Å². The summed E-state index contributed by atoms with van der Waals surface area (Å²) < 4.78 is 2.04. The number of imide groups is 1. The molecule has 1 aliphatic heterocycles. The highest BCUT2D eigenvalue weighted by atomic mass is 16.2. The topological polar surface area (TPSA) is 54.3 Å². The second-order valence-electron chi connectivity index (χ2n) is 4.88. The number of aryl methyl sites for hydroxylation is 2. The van der Waals surface area contributed by atoms with Crippen molar-refractivity contribution in [3.05, 3.63) is 30.0 Å². The monoisotopic (exact) mass is 257 g/mol. The van der Waals surface area contributed by atoms with Crippen molar-refractivity contribution in [3.8, 4) is 0 Å². The summed E-state index contributed by atoms with van der Waals surface area (Å²) in [5, 5.41) is 3.52. The zero-order chi connectivity index (χ0) is 13.6. The first-order valence-corrected chi connectivity index (χ1v) is 6.23. The van der Waals surface area contributed by atoms with Gasteiger partial charge in [-0.2, -0.15) is 0 Å². The van der Waals surface area contributed by atoms with Gasteiger partial charge in [-0.05, 0) is 24.6 Å². The number of hydrogen-bond acceptors (Lipinski definition) is 2. The van der Waals surface area contributed by atoms with Gasteiger partial charge in [-0.1, -0.05) is 6.07 Å². The summed E-state index contributed by atoms with van der Waals surface area (Å²) >= 11 is 0. The van der Waals surface area contributed by atoms with Crippen LogP contribution in [-0.2, 0) is 11.8 Å². The predicted molar refractivity (Wildman–Crippen MR) is 73.2 cm³/mol. The SMILES string of the molecule is Cc1cn(C)c2cc(N3CCC(=O)NC3=O)ccc12. The van der Waals surface area contributed by atoms with Crippen LogP contribution in [0.5, 0.6) is 0 Å². The highest BCUT2D eigenvalue weighted by molar-refractivity contribution is 6.06. The van der Waals surface area contributed by atoms with Crippen LogP contribution in [0.4, 0.5) is 10.5 Å². The summed E-state index contributed by atoms with van der Waals surface area (Å²) in [6, 6.07) is 5.58. The molecule has 0 aliphatic carbocycles. The Morgan fingerprint density at radius 2 is 2.05 bits per heavy atom. The van der Waals surface area contributed by atoms with Crippen molar-refractivity contribution in [1.82, 2.24) is 9.88 Å². The Balaban J connectivity index is 2.04. The zero-order valence-electron chi connectivity index (χ0n) is 10.9. The molecule has 1 aromatic carbocycles. The molecule has 0 bridgehead atoms. The maximum atomic E-state index is 11.8. The van der Waals surface area contributed by atoms with Crippen LogP contribution in [0, 0.1) is 6.92 Å². The summed E-state index contributed by atoms with van der Waals surface area (Å²) in [7, 11) is 1.99. The van der Waals surface area contributed by atoms with Gasteiger partial charge in [0.2, 0.25) is 5.91 Å². The molecule has 19 heavy (non-hydrogen) atoms. The molecule has 3 amide bonds. The quantitative estimate of drug-likeness (QED) is 0.848. The van der Waals surface area contributed by atoms with Crippen molar-refractivity contribution in [3.63, 3.8) is 0 Å². The number of anilines is 1. The average Bonchev–Trinajstić information content (AvgIpc) is 2.65. The van der Waals surface area contributed by atoms with Crippen molar-refractivity contribution in [2.45, 2.75) is 13.3 Å². The molecule has 1 aromatic heterocycles. The molecule has 5 nitrogen and oxygen atoms in total. The van der Waals surface area contributed by atoms with Crippen LogP contribution >= 0.6 is 0 Å². The zero-order valence-corrected chi connectivity index (χ0v) is 10.9. The molecule has 0 spiro atoms. The van der Waals surface area contributed by atoms with Gasteiger partial charge in [0.15, 0.2) is 0 Å². The van der Waals surface area contributed by atoms with E-state index in [4.69, 9.17) is 0 Å². The maximum Gasteiger partial charge on any atom is 0.328 e. The molecule has 5 heteroatoms. The Morgan fingerprint density at radius 1 is 1.26 bits per heavy atom. The van der Waals surface area contributed by atoms with Gasteiger partial charge >= 0.3 is 6.03 Å². The third-order valence-electron chi connectivity index (χ3n) is 3.54. The minimum atomic E-state index is -0.346. The number of aromatic nitrogens is 1. The fourth-order valence-electron chi connectivity index (χ4n) is 2.55. The van der Waals surface area contributed by atoms with E-state index in [1.54, 1.807) is 4.90 Å². The molecule has 3 rings (SSSR count). The molecule has 1 saturated heterocycles. The molecule has 0 radical (unpaired) electrons. The number of amides is 3. The van der Waals surface area contributed by atoms with E-state index < -0.39 is 0 Å². The Kier molecular flexibility index (Phi) is 2.55. The van der Waals surface area contributed by atoms with E-state index in [9.17, 15) is 9.59 Å². The maximum absolute atomic E-state index is 11.8. The van der Waals surface area contributed by atoms with Crippen LogP contribution in [0.25, 0.3) is 10.9 Å². The fourth-order valence-corrected chi connectivity index (χ4v) is 2.55. The minimum absolute atomic E-state index is 0.211. The van der Waals surface area contributed by atoms with E-state index in [2.05, 4.69) is 18.4 Å². The number of benzene rings is 1. The molecule has 0 saturated carbocycles. The molecule has 0 atom stereocenters. The Labute approximate surface area is 110 Å². The van der Waals surface area contributed by atoms with Gasteiger partial charge in [-0.15, -0.1) is 0 Å². The molecular weight excluding hydrogens is 242 g/mol. The minimum Gasteiger partial charge on any atom is -0.350 e. The van der Waals surface area contributed by atoms with E-state index in [1.807, 2.05) is 29.8 Å². The second-order valence-corrected chi connectivity index (χ2v) is 4.88. The highest BCUT2D eigenvalue weighted by Crippen LogP contribution is 2.26. The van der Waals surface area contributed by atoms with Gasteiger partial charge in [0.05, 0.1) is 5.52 Å². The van der Waals surface area contributed by atoms with Crippen molar-refractivity contribution in [2.24, 2.45) is 7.05 Å². The number of fused-ring (bicyclic) bond motifs is 1. The van der Waals surface area contributed by atoms with E-state index in [-0.39, 0.29) is 11.9 Å². The number of carbonyl (C=O) groups excluding carboxylic acids is 2. The summed E-state index contributed by atoms with van der Waals surface area (Å²) in [4.78, 5) is 24.6. The number of urea groups is 1. The lowest BCUT2D eigenvalue weighted by Gasteiger charge is -2.26. The molecule has 2 heterocycles. The fraction of sp³-hybridized carbons (Fsp3) is 0.286. The van der Waals surface area contributed by atoms with Crippen LogP contribution in [0.2, 0.25) is 0 Å². The summed E-state index contributed by atoms with van der Waals surface area (Å²) in [6.45, 7) is 2.49. The molecular formula is C14H15N3O2. The lowest BCUT2D eigenvalue weighted by Crippen LogP contribution is -2.49. The number of hydrogen-bond donors (Lipinski definition) is 1. The first-order chi connectivity index (χ1) is 9.06. The lowest BCUT2D eigenvalue weighted by molar-refractivity contribution is -0.120. The van der Waals surface area contributed by atoms with Gasteiger partial charge in [-0.3, -0.25) is 15.0 Å². The van der Waals surface area contributed by atoms with E-state index in [1.165, 1.54) is 10.9 Å². The highest BCUT2D eigenvalue weighted by Gasteiger charge is 2.24. The van der Waals surface area contributed by atoms with Gasteiger partial charge in [-0.25, -0.2) is 4.79 Å². The summed E-state index contributed by atoms with van der Waals surface area (Å²) in [6.07, 6.45) is 2.41. The van der Waals surface area contributed by atoms with Crippen LogP contribution in [0.1, 0.15) is 12.0 Å². The van der Waals surface area contributed by atoms with Gasteiger partial charge < -0.3 is 4.57 Å². The smallest absolute Gasteiger partial charge is 0.328 e. The van der Waals surface area contributed by atoms with Crippen molar-refractivity contribution < 1.29 is 9.59 Å². The lowest BCUT2D eigenvalue weighted by atomic mass is 10.1. The third-order valence-corrected chi connectivity index (χ3v) is 3.54. The number of rotatable bonds is 1. The molecule has 1 N–H and O–H groups in total. The first kappa shape index (κ1) is 11.8. The van der Waals surface area contributed by atoms with Gasteiger partial charge in [0, 0.05) is 37.3 Å². The van der Waals surface area contributed by atoms with E-state index >= 15 is 0 Å². The van der Waals surface area contributed by atoms with Crippen molar-refractivity contribution in [1.29, 1.82) is 0 Å². The Bertz CT molecular complexity index is 687. The van der Waals surface area contributed by atoms with Crippen LogP contribution in [0.3, 0.4) is 0 Å². The normalized spacial score (nSPS) is 16.0. The van der Waals surface area contributed by atoms with Crippen molar-refractivity contribution in [2.75, 3.05) is 11.4 Å². The summed E-state index contributed by atoms with van der Waals surface area (Å²) in [5.74, 6) is -0.211. The number of nitrogens with one attached hydrogen (secondary N) is 1. The van der Waals surface area contributed by atoms with Crippen molar-refractivity contribution >= 4 is 28.5 Å². The molecule has 1 fully saturated rings. The Morgan fingerprint density at radius 3 is 2.79 bits per heavy atom. The van der Waals surface area contributed by atoms with E-state index in [0.29, 0.717) is 13.0 Å². The molecule has 2 aromatic rings. The molecule has 98 valence electrons. The first-order valence-electron chi connectivity index (χ1n) is 6.23. The predicted octanol–water partition coefficient (Wildman–Crippen LogP) is 1.93. The number of nitrogens with zero attached hydrogens (tertiary/aromatic N) is 2. The van der Waals surface area contributed by atoms with Crippen LogP contribution in [-0.4, -0.2) is 23.1 Å².